The first-order valence-corrected chi connectivity index (χ1v) is 8.30. The zero-order valence-electron chi connectivity index (χ0n) is 13.6. The summed E-state index contributed by atoms with van der Waals surface area (Å²) < 4.78 is 42.6. The molecule has 1 nitrogen and oxygen atoms in total. The van der Waals surface area contributed by atoms with Gasteiger partial charge >= 0.3 is 6.18 Å². The van der Waals surface area contributed by atoms with E-state index in [1.807, 2.05) is 0 Å². The lowest BCUT2D eigenvalue weighted by atomic mass is 9.79. The van der Waals surface area contributed by atoms with Gasteiger partial charge in [0.1, 0.15) is 0 Å². The molecule has 1 fully saturated rings. The van der Waals surface area contributed by atoms with Gasteiger partial charge in [-0.1, -0.05) is 24.3 Å². The average Bonchev–Trinajstić information content (AvgIpc) is 2.54. The van der Waals surface area contributed by atoms with Gasteiger partial charge in [-0.25, -0.2) is 0 Å². The second-order valence-corrected chi connectivity index (χ2v) is 6.40. The van der Waals surface area contributed by atoms with E-state index in [2.05, 4.69) is 12.2 Å². The monoisotopic (exact) mass is 326 g/mol. The number of alkyl halides is 3. The number of halogens is 3. The van der Waals surface area contributed by atoms with Crippen LogP contribution in [0.2, 0.25) is 0 Å². The fourth-order valence-electron chi connectivity index (χ4n) is 3.24. The van der Waals surface area contributed by atoms with E-state index >= 15 is 0 Å². The molecule has 0 saturated heterocycles. The molecule has 0 heterocycles. The third-order valence-electron chi connectivity index (χ3n) is 4.69. The van der Waals surface area contributed by atoms with E-state index in [9.17, 15) is 13.2 Å². The van der Waals surface area contributed by atoms with Gasteiger partial charge in [0.05, 0.1) is 12.2 Å². The summed E-state index contributed by atoms with van der Waals surface area (Å²) in [6.07, 6.45) is 6.88. The minimum atomic E-state index is -4.24. The van der Waals surface area contributed by atoms with Gasteiger partial charge in [-0.3, -0.25) is 0 Å². The molecule has 1 saturated carbocycles. The number of hydrogen-bond donors (Lipinski definition) is 0. The highest BCUT2D eigenvalue weighted by molar-refractivity contribution is 5.24. The summed E-state index contributed by atoms with van der Waals surface area (Å²) >= 11 is 0. The summed E-state index contributed by atoms with van der Waals surface area (Å²) in [5.41, 5.74) is 0.435. The lowest BCUT2D eigenvalue weighted by Gasteiger charge is -2.26. The zero-order valence-corrected chi connectivity index (χ0v) is 13.6. The van der Waals surface area contributed by atoms with E-state index in [-0.39, 0.29) is 0 Å². The van der Waals surface area contributed by atoms with Crippen molar-refractivity contribution in [1.29, 1.82) is 0 Å². The van der Waals surface area contributed by atoms with Gasteiger partial charge in [-0.15, -0.1) is 0 Å². The molecule has 0 N–H and O–H groups in total. The normalized spacial score (nSPS) is 22.6. The van der Waals surface area contributed by atoms with E-state index in [1.54, 1.807) is 19.2 Å². The Hall–Kier alpha value is -1.29. The molecule has 0 amide bonds. The number of methoxy groups -OCH3 is 1. The van der Waals surface area contributed by atoms with Crippen molar-refractivity contribution in [3.8, 4) is 0 Å². The number of rotatable bonds is 6. The summed E-state index contributed by atoms with van der Waals surface area (Å²) in [6.45, 7) is 0.674. The third kappa shape index (κ3) is 6.02. The molecule has 1 aromatic carbocycles. The lowest BCUT2D eigenvalue weighted by molar-refractivity contribution is -0.137. The van der Waals surface area contributed by atoms with Crippen molar-refractivity contribution in [3.05, 3.63) is 47.5 Å². The van der Waals surface area contributed by atoms with Crippen LogP contribution in [-0.4, -0.2) is 13.7 Å². The van der Waals surface area contributed by atoms with Gasteiger partial charge in [-0.2, -0.15) is 13.2 Å². The predicted octanol–water partition coefficient (Wildman–Crippen LogP) is 5.65. The minimum absolute atomic E-state index is 0.565. The number of aryl methyl sites for hydroxylation is 1. The van der Waals surface area contributed by atoms with Crippen LogP contribution >= 0.6 is 0 Å². The quantitative estimate of drug-likeness (QED) is 0.614. The number of hydrogen-bond acceptors (Lipinski definition) is 1. The highest BCUT2D eigenvalue weighted by Crippen LogP contribution is 2.33. The maximum atomic E-state index is 12.5. The van der Waals surface area contributed by atoms with Gasteiger partial charge in [0.2, 0.25) is 0 Å². The van der Waals surface area contributed by atoms with E-state index < -0.39 is 11.7 Å². The Morgan fingerprint density at radius 3 is 2.30 bits per heavy atom. The second-order valence-electron chi connectivity index (χ2n) is 6.40. The number of allylic oxidation sites excluding steroid dienone is 1. The molecular weight excluding hydrogens is 301 g/mol. The van der Waals surface area contributed by atoms with Crippen molar-refractivity contribution >= 4 is 0 Å². The van der Waals surface area contributed by atoms with Crippen molar-refractivity contribution in [2.75, 3.05) is 13.7 Å². The molecule has 0 radical (unpaired) electrons. The first-order valence-electron chi connectivity index (χ1n) is 8.30. The Kier molecular flexibility index (Phi) is 6.70. The van der Waals surface area contributed by atoms with Gasteiger partial charge in [-0.05, 0) is 68.1 Å². The molecule has 0 atom stereocenters. The van der Waals surface area contributed by atoms with Crippen molar-refractivity contribution in [3.63, 3.8) is 0 Å². The van der Waals surface area contributed by atoms with E-state index in [4.69, 9.17) is 4.74 Å². The van der Waals surface area contributed by atoms with Crippen molar-refractivity contribution in [2.24, 2.45) is 11.8 Å². The molecule has 1 aliphatic rings. The van der Waals surface area contributed by atoms with Crippen LogP contribution in [0.4, 0.5) is 13.2 Å². The van der Waals surface area contributed by atoms with E-state index in [1.165, 1.54) is 37.8 Å². The highest BCUT2D eigenvalue weighted by Gasteiger charge is 2.29. The first-order chi connectivity index (χ1) is 11.0. The van der Waals surface area contributed by atoms with Gasteiger partial charge < -0.3 is 4.74 Å². The molecule has 23 heavy (non-hydrogen) atoms. The molecule has 4 heteroatoms. The summed E-state index contributed by atoms with van der Waals surface area (Å²) in [5, 5.41) is 0. The van der Waals surface area contributed by atoms with Crippen LogP contribution in [0.15, 0.2) is 36.4 Å². The minimum Gasteiger partial charge on any atom is -0.381 e. The summed E-state index contributed by atoms with van der Waals surface area (Å²) in [4.78, 5) is 0. The van der Waals surface area contributed by atoms with Crippen LogP contribution in [0, 0.1) is 11.8 Å². The third-order valence-corrected chi connectivity index (χ3v) is 4.69. The summed E-state index contributed by atoms with van der Waals surface area (Å²) in [6, 6.07) is 5.60. The number of benzene rings is 1. The molecule has 0 bridgehead atoms. The Morgan fingerprint density at radius 2 is 1.74 bits per heavy atom. The van der Waals surface area contributed by atoms with Crippen molar-refractivity contribution in [1.82, 2.24) is 0 Å². The predicted molar refractivity (Wildman–Crippen MR) is 86.2 cm³/mol. The zero-order chi connectivity index (χ0) is 16.7. The largest absolute Gasteiger partial charge is 0.416 e. The fourth-order valence-corrected chi connectivity index (χ4v) is 3.24. The highest BCUT2D eigenvalue weighted by atomic mass is 19.4. The lowest BCUT2D eigenvalue weighted by Crippen LogP contribution is -2.14. The van der Waals surface area contributed by atoms with Gasteiger partial charge in [0, 0.05) is 7.11 Å². The Balaban J connectivity index is 1.73. The standard InChI is InChI=1S/C19H25F3O/c1-23-14-2-3-15-4-6-16(7-5-15)8-9-17-10-12-18(13-11-17)19(20,21)22/h2-3,10-13,15-16H,4-9,14H2,1H3/b3-2+. The van der Waals surface area contributed by atoms with Gasteiger partial charge in [0.25, 0.3) is 0 Å². The Bertz CT molecular complexity index is 482. The molecule has 0 spiro atoms. The molecular formula is C19H25F3O. The molecule has 1 aromatic rings. The smallest absolute Gasteiger partial charge is 0.381 e. The molecule has 1 aliphatic carbocycles. The SMILES string of the molecule is COC/C=C/C1CCC(CCc2ccc(C(F)(F)F)cc2)CC1. The fraction of sp³-hybridized carbons (Fsp3) is 0.579. The Morgan fingerprint density at radius 1 is 1.09 bits per heavy atom. The summed E-state index contributed by atoms with van der Waals surface area (Å²) in [5.74, 6) is 1.36. The first kappa shape index (κ1) is 18.1. The Labute approximate surface area is 136 Å². The molecule has 128 valence electrons. The van der Waals surface area contributed by atoms with Crippen LogP contribution in [0.25, 0.3) is 0 Å². The average molecular weight is 326 g/mol. The molecule has 0 aliphatic heterocycles. The van der Waals surface area contributed by atoms with Crippen LogP contribution in [-0.2, 0) is 17.3 Å². The van der Waals surface area contributed by atoms with Crippen LogP contribution < -0.4 is 0 Å². The van der Waals surface area contributed by atoms with Crippen molar-refractivity contribution in [2.45, 2.75) is 44.7 Å². The maximum absolute atomic E-state index is 12.5. The van der Waals surface area contributed by atoms with E-state index in [0.717, 1.165) is 18.4 Å². The van der Waals surface area contributed by atoms with Crippen LogP contribution in [0.1, 0.15) is 43.2 Å². The molecule has 2 rings (SSSR count). The molecule has 0 unspecified atom stereocenters. The summed E-state index contributed by atoms with van der Waals surface area (Å²) in [7, 11) is 1.70. The molecule has 0 aromatic heterocycles. The second kappa shape index (κ2) is 8.53. The van der Waals surface area contributed by atoms with Gasteiger partial charge in [0.15, 0.2) is 0 Å². The van der Waals surface area contributed by atoms with Crippen molar-refractivity contribution < 1.29 is 17.9 Å². The van der Waals surface area contributed by atoms with Crippen LogP contribution in [0.3, 0.4) is 0 Å². The van der Waals surface area contributed by atoms with Crippen LogP contribution in [0.5, 0.6) is 0 Å². The number of ether oxygens (including phenoxy) is 1. The topological polar surface area (TPSA) is 9.23 Å². The van der Waals surface area contributed by atoms with E-state index in [0.29, 0.717) is 18.4 Å². The maximum Gasteiger partial charge on any atom is 0.416 e.